The summed E-state index contributed by atoms with van der Waals surface area (Å²) in [4.78, 5) is 10.9. The van der Waals surface area contributed by atoms with E-state index in [9.17, 15) is 10.5 Å². The van der Waals surface area contributed by atoms with E-state index in [4.69, 9.17) is 19.7 Å². The normalized spacial score (nSPS) is 11.3. The predicted octanol–water partition coefficient (Wildman–Crippen LogP) is 18.6. The van der Waals surface area contributed by atoms with E-state index in [0.29, 0.717) is 50.3 Å². The zero-order valence-electron chi connectivity index (χ0n) is 39.9. The van der Waals surface area contributed by atoms with Crippen LogP contribution in [0, 0.1) is 42.4 Å². The summed E-state index contributed by atoms with van der Waals surface area (Å²) >= 11 is 0. The van der Waals surface area contributed by atoms with Crippen LogP contribution in [-0.4, -0.2) is 9.13 Å². The average Bonchev–Trinajstić information content (AvgIpc) is 4.15. The molecule has 354 valence electrons. The van der Waals surface area contributed by atoms with Gasteiger partial charge in [0.05, 0.1) is 82.0 Å². The zero-order chi connectivity index (χ0) is 52.2. The maximum Gasteiger partial charge on any atom is 0.417 e. The Morgan fingerprint density at radius 2 is 0.711 bits per heavy atom. The molecule has 0 fully saturated rings. The molecule has 12 rings (SSSR count). The first-order valence-corrected chi connectivity index (χ1v) is 23.9. The minimum absolute atomic E-state index is 0.120. The van der Waals surface area contributed by atoms with Gasteiger partial charge in [0.25, 0.3) is 0 Å². The predicted molar refractivity (Wildman–Crippen MR) is 296 cm³/mol. The van der Waals surface area contributed by atoms with Gasteiger partial charge in [-0.2, -0.15) is 23.7 Å². The number of hydrogen-bond acceptors (Lipinski definition) is 2. The molecule has 2 aromatic heterocycles. The van der Waals surface area contributed by atoms with Gasteiger partial charge in [0.1, 0.15) is 0 Å². The molecule has 0 atom stereocenters. The fourth-order valence-corrected chi connectivity index (χ4v) is 10.4. The van der Waals surface area contributed by atoms with Gasteiger partial charge in [-0.15, -0.1) is 0 Å². The van der Waals surface area contributed by atoms with Crippen LogP contribution in [0.25, 0.3) is 125 Å². The number of alkyl halides is 3. The first-order valence-electron chi connectivity index (χ1n) is 23.9. The van der Waals surface area contributed by atoms with Crippen LogP contribution in [0.3, 0.4) is 0 Å². The molecule has 0 aliphatic carbocycles. The summed E-state index contributed by atoms with van der Waals surface area (Å²) in [7, 11) is 0. The van der Waals surface area contributed by atoms with Crippen LogP contribution in [0.15, 0.2) is 206 Å². The second kappa shape index (κ2) is 18.3. The number of nitrogens with zero attached hydrogens (tertiary/aromatic N) is 7. The molecule has 0 radical (unpaired) electrons. The Balaban J connectivity index is 1.14. The third kappa shape index (κ3) is 7.83. The minimum Gasteiger partial charge on any atom is -0.309 e. The highest BCUT2D eigenvalue weighted by Gasteiger charge is 2.37. The highest BCUT2D eigenvalue weighted by atomic mass is 19.4. The van der Waals surface area contributed by atoms with Crippen LogP contribution in [-0.2, 0) is 6.18 Å². The fourth-order valence-electron chi connectivity index (χ4n) is 10.4. The third-order valence-electron chi connectivity index (χ3n) is 14.1. The van der Waals surface area contributed by atoms with Gasteiger partial charge in [0.2, 0.25) is 0 Å². The van der Waals surface area contributed by atoms with Gasteiger partial charge in [-0.1, -0.05) is 109 Å². The molecular formula is C66H34F3N7. The first kappa shape index (κ1) is 46.1. The maximum absolute atomic E-state index is 16.1. The molecule has 7 nitrogen and oxygen atoms in total. The molecule has 0 saturated heterocycles. The SMILES string of the molecule is [C-]#[N+]c1ccc(-c2ccc3c(c2)c2cc(-c4ccc([N+]#[C-])cc4)ccc2n3-c2cccc(C(F)(F)F)c2-c2cc([N+]#[C-])ccc2-n2c3ccc(-c4ccc(C#N)cc4)cc3c3cc(-c4ccc(C#N)cc4)ccc32)cc1. The number of rotatable bonds is 7. The van der Waals surface area contributed by atoms with Crippen molar-refractivity contribution in [1.82, 2.24) is 9.13 Å². The molecular weight excluding hydrogens is 948 g/mol. The van der Waals surface area contributed by atoms with E-state index < -0.39 is 11.7 Å². The van der Waals surface area contributed by atoms with Crippen LogP contribution in [0.1, 0.15) is 16.7 Å². The lowest BCUT2D eigenvalue weighted by Crippen LogP contribution is -2.11. The number of halogens is 3. The van der Waals surface area contributed by atoms with Crippen molar-refractivity contribution in [1.29, 1.82) is 10.5 Å². The Morgan fingerprint density at radius 1 is 0.368 bits per heavy atom. The van der Waals surface area contributed by atoms with Crippen molar-refractivity contribution in [3.05, 3.63) is 257 Å². The van der Waals surface area contributed by atoms with Crippen molar-refractivity contribution in [2.24, 2.45) is 0 Å². The van der Waals surface area contributed by atoms with E-state index in [0.717, 1.165) is 72.1 Å². The largest absolute Gasteiger partial charge is 0.417 e. The lowest BCUT2D eigenvalue weighted by atomic mass is 9.94. The molecule has 0 bridgehead atoms. The monoisotopic (exact) mass is 981 g/mol. The molecule has 0 spiro atoms. The van der Waals surface area contributed by atoms with Crippen molar-refractivity contribution in [3.8, 4) is 79.1 Å². The van der Waals surface area contributed by atoms with Crippen molar-refractivity contribution >= 4 is 60.7 Å². The van der Waals surface area contributed by atoms with E-state index in [1.54, 1.807) is 72.8 Å². The van der Waals surface area contributed by atoms with E-state index in [1.807, 2.05) is 118 Å². The summed E-state index contributed by atoms with van der Waals surface area (Å²) in [6.45, 7) is 23.2. The Labute approximate surface area is 434 Å². The van der Waals surface area contributed by atoms with Gasteiger partial charge in [0, 0.05) is 27.1 Å². The molecule has 0 saturated carbocycles. The van der Waals surface area contributed by atoms with E-state index in [2.05, 4.69) is 38.8 Å². The van der Waals surface area contributed by atoms with Crippen LogP contribution >= 0.6 is 0 Å². The minimum atomic E-state index is -4.85. The van der Waals surface area contributed by atoms with Crippen molar-refractivity contribution in [3.63, 3.8) is 0 Å². The van der Waals surface area contributed by atoms with Gasteiger partial charge in [-0.05, 0) is 147 Å². The smallest absolute Gasteiger partial charge is 0.309 e. The van der Waals surface area contributed by atoms with Crippen LogP contribution in [0.4, 0.5) is 30.2 Å². The van der Waals surface area contributed by atoms with Crippen LogP contribution < -0.4 is 0 Å². The number of nitriles is 2. The standard InChI is InChI=1S/C66H34F3N7/c1-72-50-23-15-44(16-24-50)48-21-30-61-55(35-48)56-36-49(45-17-25-51(73-2)26-18-45)22-31-62(56)76(61)64-6-4-5-58(66(67,68)69)65(64)57-37-52(74-3)27-32-63(57)75-59-28-19-46(42-11-7-40(38-70)8-12-42)33-53(59)54-34-47(20-29-60(54)75)43-13-9-41(39-71)10-14-43/h4-37H. The highest BCUT2D eigenvalue weighted by molar-refractivity contribution is 6.14. The molecule has 0 N–H and O–H groups in total. The average molecular weight is 982 g/mol. The molecule has 0 aliphatic rings. The van der Waals surface area contributed by atoms with Crippen LogP contribution in [0.5, 0.6) is 0 Å². The summed E-state index contributed by atoms with van der Waals surface area (Å²) in [6, 6.07) is 66.3. The topological polar surface area (TPSA) is 70.5 Å². The van der Waals surface area contributed by atoms with Crippen molar-refractivity contribution in [2.45, 2.75) is 6.18 Å². The van der Waals surface area contributed by atoms with E-state index in [1.165, 1.54) is 6.07 Å². The summed E-state index contributed by atoms with van der Waals surface area (Å²) in [5.41, 5.74) is 11.6. The maximum atomic E-state index is 16.1. The second-order valence-corrected chi connectivity index (χ2v) is 18.3. The molecule has 10 aromatic carbocycles. The molecule has 76 heavy (non-hydrogen) atoms. The molecule has 2 heterocycles. The summed E-state index contributed by atoms with van der Waals surface area (Å²) in [6.07, 6.45) is -4.85. The first-order chi connectivity index (χ1) is 37.0. The third-order valence-corrected chi connectivity index (χ3v) is 14.1. The lowest BCUT2D eigenvalue weighted by molar-refractivity contribution is -0.137. The Hall–Kier alpha value is -11.0. The van der Waals surface area contributed by atoms with Gasteiger partial charge in [-0.25, -0.2) is 14.5 Å². The highest BCUT2D eigenvalue weighted by Crippen LogP contribution is 2.48. The fraction of sp³-hybridized carbons (Fsp3) is 0.0152. The molecule has 12 aromatic rings. The Bertz CT molecular complexity index is 4360. The Morgan fingerprint density at radius 3 is 1.07 bits per heavy atom. The number of fused-ring (bicyclic) bond motifs is 6. The van der Waals surface area contributed by atoms with Gasteiger partial charge in [0.15, 0.2) is 17.1 Å². The van der Waals surface area contributed by atoms with Gasteiger partial charge >= 0.3 is 6.18 Å². The lowest BCUT2D eigenvalue weighted by Gasteiger charge is -2.23. The van der Waals surface area contributed by atoms with E-state index >= 15 is 13.2 Å². The van der Waals surface area contributed by atoms with E-state index in [-0.39, 0.29) is 22.5 Å². The summed E-state index contributed by atoms with van der Waals surface area (Å²) < 4.78 is 52.1. The summed E-state index contributed by atoms with van der Waals surface area (Å²) in [5, 5.41) is 22.3. The van der Waals surface area contributed by atoms with Crippen molar-refractivity contribution < 1.29 is 13.2 Å². The zero-order valence-corrected chi connectivity index (χ0v) is 39.9. The number of aromatic nitrogens is 2. The van der Waals surface area contributed by atoms with Crippen molar-refractivity contribution in [2.75, 3.05) is 0 Å². The molecule has 0 amide bonds. The molecule has 0 unspecified atom stereocenters. The van der Waals surface area contributed by atoms with Gasteiger partial charge < -0.3 is 9.13 Å². The number of benzene rings is 10. The Kier molecular flexibility index (Phi) is 11.1. The quantitative estimate of drug-likeness (QED) is 0.149. The number of hydrogen-bond donors (Lipinski definition) is 0. The molecule has 0 aliphatic heterocycles. The summed E-state index contributed by atoms with van der Waals surface area (Å²) in [5.74, 6) is 0. The van der Waals surface area contributed by atoms with Crippen LogP contribution in [0.2, 0.25) is 0 Å². The van der Waals surface area contributed by atoms with Gasteiger partial charge in [-0.3, -0.25) is 0 Å². The second-order valence-electron chi connectivity index (χ2n) is 18.3. The molecule has 10 heteroatoms.